The summed E-state index contributed by atoms with van der Waals surface area (Å²) >= 11 is 0. The van der Waals surface area contributed by atoms with Crippen LogP contribution in [0.2, 0.25) is 0 Å². The van der Waals surface area contributed by atoms with Crippen molar-refractivity contribution in [3.05, 3.63) is 16.6 Å². The minimum atomic E-state index is -0.385. The maximum absolute atomic E-state index is 13.3. The molecule has 118 valence electrons. The van der Waals surface area contributed by atoms with E-state index in [1.54, 1.807) is 0 Å². The number of hydrogen-bond acceptors (Lipinski definition) is 6. The van der Waals surface area contributed by atoms with Crippen molar-refractivity contribution in [2.24, 2.45) is 5.92 Å². The van der Waals surface area contributed by atoms with Gasteiger partial charge in [-0.1, -0.05) is 10.3 Å². The third kappa shape index (κ3) is 1.46. The first kappa shape index (κ1) is 13.0. The second-order valence-electron chi connectivity index (χ2n) is 6.84. The summed E-state index contributed by atoms with van der Waals surface area (Å²) in [6.07, 6.45) is 4.69. The molecule has 1 saturated heterocycles. The van der Waals surface area contributed by atoms with Crippen molar-refractivity contribution in [2.45, 2.75) is 43.7 Å². The van der Waals surface area contributed by atoms with Crippen LogP contribution in [0.4, 0.5) is 0 Å². The van der Waals surface area contributed by atoms with E-state index in [9.17, 15) is 5.21 Å². The summed E-state index contributed by atoms with van der Waals surface area (Å²) in [5.41, 5.74) is 2.49. The molecule has 0 radical (unpaired) electrons. The van der Waals surface area contributed by atoms with Gasteiger partial charge in [0.05, 0.1) is 25.0 Å². The lowest BCUT2D eigenvalue weighted by Gasteiger charge is -2.41. The number of hydroxylamine groups is 1. The summed E-state index contributed by atoms with van der Waals surface area (Å²) in [5, 5.41) is 21.5. The van der Waals surface area contributed by atoms with Gasteiger partial charge in [-0.05, 0) is 12.8 Å². The number of ether oxygens (including phenoxy) is 1. The third-order valence-corrected chi connectivity index (χ3v) is 6.08. The number of nitrogens with zero attached hydrogens (tertiary/aromatic N) is 4. The van der Waals surface area contributed by atoms with Gasteiger partial charge in [-0.2, -0.15) is 4.74 Å². The molecule has 0 N–H and O–H groups in total. The Labute approximate surface area is 128 Å². The molecule has 1 saturated carbocycles. The van der Waals surface area contributed by atoms with Crippen LogP contribution in [0.3, 0.4) is 0 Å². The molecule has 3 heterocycles. The molecule has 0 aromatic carbocycles. The second-order valence-corrected chi connectivity index (χ2v) is 6.84. The molecule has 0 amide bonds. The molecule has 7 nitrogen and oxygen atoms in total. The molecule has 4 aliphatic rings. The van der Waals surface area contributed by atoms with Gasteiger partial charge in [0.2, 0.25) is 5.66 Å². The Hall–Kier alpha value is -1.47. The number of morpholine rings is 1. The number of aryl methyl sites for hydroxylation is 1. The first-order valence-electron chi connectivity index (χ1n) is 8.29. The van der Waals surface area contributed by atoms with Crippen molar-refractivity contribution in [3.8, 4) is 0 Å². The predicted molar refractivity (Wildman–Crippen MR) is 76.5 cm³/mol. The molecular weight excluding hydrogens is 284 g/mol. The van der Waals surface area contributed by atoms with Crippen LogP contribution in [-0.2, 0) is 11.2 Å². The lowest BCUT2D eigenvalue weighted by Crippen LogP contribution is -2.59. The van der Waals surface area contributed by atoms with Gasteiger partial charge in [0.25, 0.3) is 0 Å². The standard InChI is InChI=1S/C15H20N4O3/c20-19-12-4-3-11-14(17-22-16-11)13(12)10-2-1-5-15(10,19)18-6-8-21-9-7-18/h10,13H,1-9H2/t10-,13-,15+/m1/s1. The molecule has 22 heavy (non-hydrogen) atoms. The van der Waals surface area contributed by atoms with Crippen LogP contribution in [0.15, 0.2) is 4.63 Å². The zero-order valence-electron chi connectivity index (χ0n) is 12.5. The van der Waals surface area contributed by atoms with Crippen LogP contribution >= 0.6 is 0 Å². The van der Waals surface area contributed by atoms with Gasteiger partial charge >= 0.3 is 0 Å². The highest BCUT2D eigenvalue weighted by atomic mass is 16.6. The molecule has 0 bridgehead atoms. The van der Waals surface area contributed by atoms with Crippen molar-refractivity contribution in [2.75, 3.05) is 26.3 Å². The number of hydrogen-bond donors (Lipinski definition) is 0. The van der Waals surface area contributed by atoms with Crippen LogP contribution < -0.4 is 0 Å². The van der Waals surface area contributed by atoms with Crippen LogP contribution in [0.25, 0.3) is 0 Å². The van der Waals surface area contributed by atoms with Gasteiger partial charge in [-0.3, -0.25) is 0 Å². The topological polar surface area (TPSA) is 77.5 Å². The van der Waals surface area contributed by atoms with Gasteiger partial charge in [0.1, 0.15) is 11.4 Å². The number of aromatic nitrogens is 2. The molecular formula is C15H20N4O3. The lowest BCUT2D eigenvalue weighted by molar-refractivity contribution is -0.583. The summed E-state index contributed by atoms with van der Waals surface area (Å²) in [7, 11) is 0. The van der Waals surface area contributed by atoms with Crippen molar-refractivity contribution >= 4 is 5.71 Å². The van der Waals surface area contributed by atoms with Crippen molar-refractivity contribution in [1.29, 1.82) is 0 Å². The monoisotopic (exact) mass is 304 g/mol. The third-order valence-electron chi connectivity index (χ3n) is 6.08. The fourth-order valence-electron chi connectivity index (χ4n) is 5.24. The normalized spacial score (nSPS) is 38.0. The molecule has 2 fully saturated rings. The van der Waals surface area contributed by atoms with E-state index in [1.165, 1.54) is 4.74 Å². The van der Waals surface area contributed by atoms with E-state index < -0.39 is 0 Å². The summed E-state index contributed by atoms with van der Waals surface area (Å²) in [6.45, 7) is 3.14. The quantitative estimate of drug-likeness (QED) is 0.566. The Morgan fingerprint density at radius 1 is 1.23 bits per heavy atom. The number of fused-ring (bicyclic) bond motifs is 5. The maximum atomic E-state index is 13.3. The Kier molecular flexibility index (Phi) is 2.67. The van der Waals surface area contributed by atoms with E-state index >= 15 is 0 Å². The minimum absolute atomic E-state index is 0.109. The highest BCUT2D eigenvalue weighted by molar-refractivity contribution is 5.90. The van der Waals surface area contributed by atoms with E-state index in [0.717, 1.165) is 75.5 Å². The Morgan fingerprint density at radius 2 is 2.09 bits per heavy atom. The molecule has 0 unspecified atom stereocenters. The van der Waals surface area contributed by atoms with Crippen molar-refractivity contribution in [3.63, 3.8) is 0 Å². The molecule has 7 heteroatoms. The van der Waals surface area contributed by atoms with Gasteiger partial charge < -0.3 is 9.94 Å². The Balaban J connectivity index is 1.63. The SMILES string of the molecule is [O-][N+]1=C2CCc3nonc3[C@@H]2[C@H]2CCC[C@@]21N1CCOCC1. The highest BCUT2D eigenvalue weighted by Gasteiger charge is 2.66. The van der Waals surface area contributed by atoms with E-state index in [4.69, 9.17) is 9.37 Å². The van der Waals surface area contributed by atoms with Crippen LogP contribution in [0.1, 0.15) is 43.0 Å². The summed E-state index contributed by atoms with van der Waals surface area (Å²) in [5.74, 6) is 0.418. The summed E-state index contributed by atoms with van der Waals surface area (Å²) in [6, 6.07) is 0. The fraction of sp³-hybridized carbons (Fsp3) is 0.800. The molecule has 5 rings (SSSR count). The van der Waals surface area contributed by atoms with E-state index in [2.05, 4.69) is 15.2 Å². The average molecular weight is 304 g/mol. The Bertz CT molecular complexity index is 636. The maximum Gasteiger partial charge on any atom is 0.233 e. The molecule has 2 aliphatic carbocycles. The Morgan fingerprint density at radius 3 is 2.95 bits per heavy atom. The van der Waals surface area contributed by atoms with E-state index in [0.29, 0.717) is 5.92 Å². The van der Waals surface area contributed by atoms with Crippen LogP contribution in [0.5, 0.6) is 0 Å². The predicted octanol–water partition coefficient (Wildman–Crippen LogP) is 0.893. The lowest BCUT2D eigenvalue weighted by atomic mass is 9.77. The largest absolute Gasteiger partial charge is 0.622 e. The summed E-state index contributed by atoms with van der Waals surface area (Å²) < 4.78 is 11.8. The van der Waals surface area contributed by atoms with Gasteiger partial charge in [-0.15, -0.1) is 0 Å². The number of rotatable bonds is 1. The molecule has 1 aromatic rings. The van der Waals surface area contributed by atoms with E-state index in [-0.39, 0.29) is 11.6 Å². The van der Waals surface area contributed by atoms with Gasteiger partial charge in [0, 0.05) is 32.4 Å². The van der Waals surface area contributed by atoms with Gasteiger partial charge in [0.15, 0.2) is 5.71 Å². The smallest absolute Gasteiger partial charge is 0.233 e. The zero-order chi connectivity index (χ0) is 14.7. The van der Waals surface area contributed by atoms with E-state index in [1.807, 2.05) is 0 Å². The van der Waals surface area contributed by atoms with Crippen molar-refractivity contribution < 1.29 is 14.1 Å². The second kappa shape index (κ2) is 4.52. The van der Waals surface area contributed by atoms with Crippen LogP contribution in [-0.4, -0.2) is 57.6 Å². The first-order valence-corrected chi connectivity index (χ1v) is 8.29. The first-order chi connectivity index (χ1) is 10.8. The van der Waals surface area contributed by atoms with Crippen molar-refractivity contribution in [1.82, 2.24) is 15.2 Å². The highest BCUT2D eigenvalue weighted by Crippen LogP contribution is 2.54. The molecule has 0 spiro atoms. The molecule has 1 aromatic heterocycles. The zero-order valence-corrected chi connectivity index (χ0v) is 12.5. The fourth-order valence-corrected chi connectivity index (χ4v) is 5.24. The minimum Gasteiger partial charge on any atom is -0.622 e. The summed E-state index contributed by atoms with van der Waals surface area (Å²) in [4.78, 5) is 2.37. The average Bonchev–Trinajstić information content (AvgIpc) is 3.24. The van der Waals surface area contributed by atoms with Gasteiger partial charge in [-0.25, -0.2) is 9.53 Å². The molecule has 3 atom stereocenters. The molecule has 2 aliphatic heterocycles. The van der Waals surface area contributed by atoms with Crippen LogP contribution in [0, 0.1) is 11.1 Å².